The zero-order valence-corrected chi connectivity index (χ0v) is 9.03. The van der Waals surface area contributed by atoms with Crippen molar-refractivity contribution in [2.45, 2.75) is 25.7 Å². The molecule has 0 heterocycles. The molecule has 0 saturated heterocycles. The maximum absolute atomic E-state index is 11.7. The highest BCUT2D eigenvalue weighted by Crippen LogP contribution is 2.33. The van der Waals surface area contributed by atoms with E-state index in [2.05, 4.69) is 0 Å². The predicted molar refractivity (Wildman–Crippen MR) is 59.0 cm³/mol. The molecule has 1 aliphatic rings. The second-order valence-electron chi connectivity index (χ2n) is 4.17. The quantitative estimate of drug-likeness (QED) is 0.737. The molecule has 0 bridgehead atoms. The van der Waals surface area contributed by atoms with Gasteiger partial charge in [-0.05, 0) is 24.8 Å². The number of rotatable bonds is 5. The summed E-state index contributed by atoms with van der Waals surface area (Å²) in [4.78, 5) is 11.7. The third-order valence-electron chi connectivity index (χ3n) is 2.79. The van der Waals surface area contributed by atoms with Gasteiger partial charge < -0.3 is 4.74 Å². The van der Waals surface area contributed by atoms with Crippen LogP contribution in [-0.4, -0.2) is 12.9 Å². The number of carbonyl (C=O) groups excluding carboxylic acids is 1. The summed E-state index contributed by atoms with van der Waals surface area (Å²) in [6, 6.07) is 7.74. The SMILES string of the molecule is COc1ccccc1CC(=O)CC1CC1. The van der Waals surface area contributed by atoms with E-state index >= 15 is 0 Å². The Kier molecular flexibility index (Phi) is 3.05. The third kappa shape index (κ3) is 2.82. The highest BCUT2D eigenvalue weighted by Gasteiger charge is 2.24. The van der Waals surface area contributed by atoms with E-state index in [1.54, 1.807) is 7.11 Å². The number of Topliss-reactive ketones (excluding diaryl/α,β-unsaturated/α-hetero) is 1. The lowest BCUT2D eigenvalue weighted by Crippen LogP contribution is -2.04. The molecular formula is C13H16O2. The third-order valence-corrected chi connectivity index (χ3v) is 2.79. The summed E-state index contributed by atoms with van der Waals surface area (Å²) in [6.45, 7) is 0. The van der Waals surface area contributed by atoms with Crippen LogP contribution in [0, 0.1) is 5.92 Å². The first-order valence-corrected chi connectivity index (χ1v) is 5.43. The van der Waals surface area contributed by atoms with Crippen molar-refractivity contribution in [1.29, 1.82) is 0 Å². The molecule has 0 unspecified atom stereocenters. The van der Waals surface area contributed by atoms with Gasteiger partial charge in [-0.15, -0.1) is 0 Å². The molecule has 0 atom stereocenters. The van der Waals surface area contributed by atoms with Crippen LogP contribution in [0.2, 0.25) is 0 Å². The average Bonchev–Trinajstić information content (AvgIpc) is 3.02. The normalized spacial score (nSPS) is 15.0. The van der Waals surface area contributed by atoms with E-state index < -0.39 is 0 Å². The minimum atomic E-state index is 0.335. The summed E-state index contributed by atoms with van der Waals surface area (Å²) >= 11 is 0. The smallest absolute Gasteiger partial charge is 0.137 e. The van der Waals surface area contributed by atoms with Gasteiger partial charge in [0, 0.05) is 18.4 Å². The van der Waals surface area contributed by atoms with Crippen molar-refractivity contribution < 1.29 is 9.53 Å². The molecule has 80 valence electrons. The monoisotopic (exact) mass is 204 g/mol. The summed E-state index contributed by atoms with van der Waals surface area (Å²) in [5, 5.41) is 0. The van der Waals surface area contributed by atoms with Crippen molar-refractivity contribution in [1.82, 2.24) is 0 Å². The van der Waals surface area contributed by atoms with E-state index in [1.165, 1.54) is 12.8 Å². The van der Waals surface area contributed by atoms with Crippen molar-refractivity contribution in [3.05, 3.63) is 29.8 Å². The average molecular weight is 204 g/mol. The second kappa shape index (κ2) is 4.47. The highest BCUT2D eigenvalue weighted by atomic mass is 16.5. The van der Waals surface area contributed by atoms with Gasteiger partial charge in [0.15, 0.2) is 0 Å². The Labute approximate surface area is 90.3 Å². The first-order chi connectivity index (χ1) is 7.29. The van der Waals surface area contributed by atoms with Crippen LogP contribution in [0.5, 0.6) is 5.75 Å². The van der Waals surface area contributed by atoms with Crippen LogP contribution in [0.4, 0.5) is 0 Å². The van der Waals surface area contributed by atoms with Gasteiger partial charge in [-0.2, -0.15) is 0 Å². The van der Waals surface area contributed by atoms with E-state index in [1.807, 2.05) is 24.3 Å². The van der Waals surface area contributed by atoms with Gasteiger partial charge in [-0.25, -0.2) is 0 Å². The van der Waals surface area contributed by atoms with Crippen molar-refractivity contribution in [3.63, 3.8) is 0 Å². The van der Waals surface area contributed by atoms with Gasteiger partial charge in [0.05, 0.1) is 7.11 Å². The fraction of sp³-hybridized carbons (Fsp3) is 0.462. The Balaban J connectivity index is 1.98. The molecule has 0 aliphatic heterocycles. The first kappa shape index (κ1) is 10.2. The molecule has 0 spiro atoms. The Morgan fingerprint density at radius 3 is 2.80 bits per heavy atom. The number of methoxy groups -OCH3 is 1. The fourth-order valence-electron chi connectivity index (χ4n) is 1.78. The molecule has 0 radical (unpaired) electrons. The van der Waals surface area contributed by atoms with Crippen molar-refractivity contribution >= 4 is 5.78 Å². The van der Waals surface area contributed by atoms with Crippen molar-refractivity contribution in [2.24, 2.45) is 5.92 Å². The van der Waals surface area contributed by atoms with Gasteiger partial charge in [0.1, 0.15) is 11.5 Å². The van der Waals surface area contributed by atoms with E-state index in [0.29, 0.717) is 18.1 Å². The van der Waals surface area contributed by atoms with Crippen LogP contribution in [0.15, 0.2) is 24.3 Å². The number of para-hydroxylation sites is 1. The lowest BCUT2D eigenvalue weighted by molar-refractivity contribution is -0.118. The lowest BCUT2D eigenvalue weighted by Gasteiger charge is -2.06. The Morgan fingerprint density at radius 2 is 2.13 bits per heavy atom. The van der Waals surface area contributed by atoms with Gasteiger partial charge in [0.2, 0.25) is 0 Å². The van der Waals surface area contributed by atoms with Crippen LogP contribution < -0.4 is 4.74 Å². The first-order valence-electron chi connectivity index (χ1n) is 5.43. The lowest BCUT2D eigenvalue weighted by atomic mass is 10.0. The molecule has 1 aromatic carbocycles. The van der Waals surface area contributed by atoms with Crippen molar-refractivity contribution in [2.75, 3.05) is 7.11 Å². The molecule has 2 rings (SSSR count). The van der Waals surface area contributed by atoms with E-state index in [0.717, 1.165) is 17.7 Å². The molecule has 2 heteroatoms. The van der Waals surface area contributed by atoms with E-state index in [-0.39, 0.29) is 0 Å². The Morgan fingerprint density at radius 1 is 1.40 bits per heavy atom. The number of benzene rings is 1. The summed E-state index contributed by atoms with van der Waals surface area (Å²) in [5.74, 6) is 1.83. The minimum Gasteiger partial charge on any atom is -0.496 e. The van der Waals surface area contributed by atoms with E-state index in [4.69, 9.17) is 4.74 Å². The fourth-order valence-corrected chi connectivity index (χ4v) is 1.78. The van der Waals surface area contributed by atoms with Crippen LogP contribution >= 0.6 is 0 Å². The zero-order valence-electron chi connectivity index (χ0n) is 9.03. The molecule has 0 amide bonds. The number of hydrogen-bond donors (Lipinski definition) is 0. The molecule has 1 aromatic rings. The molecule has 15 heavy (non-hydrogen) atoms. The molecule has 1 aliphatic carbocycles. The van der Waals surface area contributed by atoms with Gasteiger partial charge >= 0.3 is 0 Å². The Hall–Kier alpha value is -1.31. The number of hydrogen-bond acceptors (Lipinski definition) is 2. The standard InChI is InChI=1S/C13H16O2/c1-15-13-5-3-2-4-11(13)9-12(14)8-10-6-7-10/h2-5,10H,6-9H2,1H3. The predicted octanol–water partition coefficient (Wildman–Crippen LogP) is 2.61. The zero-order chi connectivity index (χ0) is 10.7. The van der Waals surface area contributed by atoms with Gasteiger partial charge in [0.25, 0.3) is 0 Å². The molecule has 2 nitrogen and oxygen atoms in total. The molecular weight excluding hydrogens is 188 g/mol. The molecule has 0 aromatic heterocycles. The summed E-state index contributed by atoms with van der Waals surface area (Å²) < 4.78 is 5.21. The number of ether oxygens (including phenoxy) is 1. The maximum Gasteiger partial charge on any atom is 0.137 e. The molecule has 0 N–H and O–H groups in total. The van der Waals surface area contributed by atoms with Crippen molar-refractivity contribution in [3.8, 4) is 5.75 Å². The number of carbonyl (C=O) groups is 1. The molecule has 1 fully saturated rings. The summed E-state index contributed by atoms with van der Waals surface area (Å²) in [5.41, 5.74) is 1.01. The largest absolute Gasteiger partial charge is 0.496 e. The van der Waals surface area contributed by atoms with Crippen LogP contribution in [0.3, 0.4) is 0 Å². The Bertz CT molecular complexity index is 353. The van der Waals surface area contributed by atoms with Crippen LogP contribution in [-0.2, 0) is 11.2 Å². The van der Waals surface area contributed by atoms with Gasteiger partial charge in [-0.3, -0.25) is 4.79 Å². The van der Waals surface area contributed by atoms with E-state index in [9.17, 15) is 4.79 Å². The number of ketones is 1. The molecule has 1 saturated carbocycles. The summed E-state index contributed by atoms with van der Waals surface area (Å²) in [7, 11) is 1.64. The topological polar surface area (TPSA) is 26.3 Å². The second-order valence-corrected chi connectivity index (χ2v) is 4.17. The van der Waals surface area contributed by atoms with Gasteiger partial charge in [-0.1, -0.05) is 18.2 Å². The highest BCUT2D eigenvalue weighted by molar-refractivity contribution is 5.82. The van der Waals surface area contributed by atoms with Crippen LogP contribution in [0.1, 0.15) is 24.8 Å². The minimum absolute atomic E-state index is 0.335. The maximum atomic E-state index is 11.7. The van der Waals surface area contributed by atoms with Crippen LogP contribution in [0.25, 0.3) is 0 Å². The summed E-state index contributed by atoms with van der Waals surface area (Å²) in [6.07, 6.45) is 3.73.